The molecule has 0 bridgehead atoms. The van der Waals surface area contributed by atoms with Crippen molar-refractivity contribution in [3.63, 3.8) is 0 Å². The first-order chi connectivity index (χ1) is 14.2. The van der Waals surface area contributed by atoms with E-state index < -0.39 is 10.0 Å². The lowest BCUT2D eigenvalue weighted by molar-refractivity contribution is -0.114. The summed E-state index contributed by atoms with van der Waals surface area (Å²) >= 11 is 0. The molecule has 0 unspecified atom stereocenters. The fraction of sp³-hybridized carbons (Fsp3) is 0.682. The van der Waals surface area contributed by atoms with Crippen LogP contribution in [0, 0.1) is 11.8 Å². The van der Waals surface area contributed by atoms with Gasteiger partial charge in [0.25, 0.3) is 0 Å². The van der Waals surface area contributed by atoms with Crippen molar-refractivity contribution >= 4 is 27.3 Å². The molecule has 30 heavy (non-hydrogen) atoms. The lowest BCUT2D eigenvalue weighted by Gasteiger charge is -2.39. The molecule has 0 saturated carbocycles. The SMILES string of the molecule is CC(=O)Nc1cccc(N2CCN(CC3CCN(S(=O)(=O)CC(C)C)CC3)CC2)c1. The van der Waals surface area contributed by atoms with Crippen LogP contribution in [-0.2, 0) is 14.8 Å². The molecule has 0 aromatic heterocycles. The van der Waals surface area contributed by atoms with Crippen LogP contribution in [0.5, 0.6) is 0 Å². The van der Waals surface area contributed by atoms with E-state index in [1.165, 1.54) is 6.92 Å². The van der Waals surface area contributed by atoms with Crippen LogP contribution < -0.4 is 10.2 Å². The van der Waals surface area contributed by atoms with Gasteiger partial charge in [-0.3, -0.25) is 9.69 Å². The minimum Gasteiger partial charge on any atom is -0.369 e. The van der Waals surface area contributed by atoms with Crippen LogP contribution in [0.1, 0.15) is 33.6 Å². The first kappa shape index (κ1) is 23.0. The topological polar surface area (TPSA) is 73.0 Å². The predicted octanol–water partition coefficient (Wildman–Crippen LogP) is 2.46. The fourth-order valence-corrected chi connectivity index (χ4v) is 6.25. The van der Waals surface area contributed by atoms with Gasteiger partial charge >= 0.3 is 0 Å². The molecule has 1 aromatic rings. The number of nitrogens with one attached hydrogen (secondary N) is 1. The second kappa shape index (κ2) is 10.1. The highest BCUT2D eigenvalue weighted by atomic mass is 32.2. The molecule has 0 spiro atoms. The van der Waals surface area contributed by atoms with Gasteiger partial charge in [-0.25, -0.2) is 12.7 Å². The minimum absolute atomic E-state index is 0.0555. The third-order valence-electron chi connectivity index (χ3n) is 5.93. The molecule has 168 valence electrons. The quantitative estimate of drug-likeness (QED) is 0.711. The highest BCUT2D eigenvalue weighted by Gasteiger charge is 2.30. The zero-order valence-corrected chi connectivity index (χ0v) is 19.3. The monoisotopic (exact) mass is 436 g/mol. The molecule has 2 aliphatic heterocycles. The first-order valence-electron chi connectivity index (χ1n) is 11.1. The number of hydrogen-bond acceptors (Lipinski definition) is 5. The first-order valence-corrected chi connectivity index (χ1v) is 12.7. The number of rotatable bonds is 7. The molecule has 8 heteroatoms. The maximum absolute atomic E-state index is 12.4. The fourth-order valence-electron chi connectivity index (χ4n) is 4.43. The molecule has 7 nitrogen and oxygen atoms in total. The Labute approximate surface area is 181 Å². The highest BCUT2D eigenvalue weighted by Crippen LogP contribution is 2.24. The van der Waals surface area contributed by atoms with E-state index in [1.807, 2.05) is 32.0 Å². The number of piperidine rings is 1. The van der Waals surface area contributed by atoms with Gasteiger partial charge in [-0.15, -0.1) is 0 Å². The van der Waals surface area contributed by atoms with Crippen molar-refractivity contribution < 1.29 is 13.2 Å². The summed E-state index contributed by atoms with van der Waals surface area (Å²) in [5.41, 5.74) is 1.98. The molecular weight excluding hydrogens is 400 g/mol. The van der Waals surface area contributed by atoms with Crippen LogP contribution in [0.2, 0.25) is 0 Å². The minimum atomic E-state index is -3.10. The van der Waals surface area contributed by atoms with Gasteiger partial charge in [-0.1, -0.05) is 19.9 Å². The van der Waals surface area contributed by atoms with E-state index in [0.717, 1.165) is 56.9 Å². The summed E-state index contributed by atoms with van der Waals surface area (Å²) in [5, 5.41) is 2.85. The average Bonchev–Trinajstić information content (AvgIpc) is 2.68. The lowest BCUT2D eigenvalue weighted by atomic mass is 9.97. The summed E-state index contributed by atoms with van der Waals surface area (Å²) < 4.78 is 26.6. The van der Waals surface area contributed by atoms with Crippen LogP contribution in [0.3, 0.4) is 0 Å². The van der Waals surface area contributed by atoms with Gasteiger partial charge in [0.1, 0.15) is 0 Å². The zero-order valence-electron chi connectivity index (χ0n) is 18.5. The van der Waals surface area contributed by atoms with Crippen LogP contribution >= 0.6 is 0 Å². The van der Waals surface area contributed by atoms with E-state index >= 15 is 0 Å². The van der Waals surface area contributed by atoms with Crippen molar-refractivity contribution in [3.8, 4) is 0 Å². The molecule has 0 atom stereocenters. The Bertz CT molecular complexity index is 811. The summed E-state index contributed by atoms with van der Waals surface area (Å²) in [7, 11) is -3.10. The number of sulfonamides is 1. The van der Waals surface area contributed by atoms with E-state index in [9.17, 15) is 13.2 Å². The van der Waals surface area contributed by atoms with Crippen LogP contribution in [0.15, 0.2) is 24.3 Å². The van der Waals surface area contributed by atoms with Gasteiger partial charge in [0, 0.05) is 64.1 Å². The van der Waals surface area contributed by atoms with Crippen molar-refractivity contribution in [2.45, 2.75) is 33.6 Å². The number of amides is 1. The van der Waals surface area contributed by atoms with E-state index in [2.05, 4.69) is 21.2 Å². The van der Waals surface area contributed by atoms with E-state index in [1.54, 1.807) is 4.31 Å². The molecule has 0 radical (unpaired) electrons. The molecule has 2 saturated heterocycles. The van der Waals surface area contributed by atoms with Crippen molar-refractivity contribution in [2.24, 2.45) is 11.8 Å². The van der Waals surface area contributed by atoms with Gasteiger partial charge in [0.2, 0.25) is 15.9 Å². The highest BCUT2D eigenvalue weighted by molar-refractivity contribution is 7.89. The standard InChI is InChI=1S/C22H36N4O3S/c1-18(2)17-30(28,29)26-9-7-20(8-10-26)16-24-11-13-25(14-12-24)22-6-4-5-21(15-22)23-19(3)27/h4-6,15,18,20H,7-14,16-17H2,1-3H3,(H,23,27). The van der Waals surface area contributed by atoms with Crippen LogP contribution in [0.25, 0.3) is 0 Å². The van der Waals surface area contributed by atoms with Crippen LogP contribution in [-0.4, -0.2) is 75.1 Å². The molecule has 1 N–H and O–H groups in total. The summed E-state index contributed by atoms with van der Waals surface area (Å²) in [4.78, 5) is 16.2. The largest absolute Gasteiger partial charge is 0.369 e. The van der Waals surface area contributed by atoms with E-state index in [0.29, 0.717) is 19.0 Å². The molecule has 2 aliphatic rings. The molecule has 1 aromatic carbocycles. The summed E-state index contributed by atoms with van der Waals surface area (Å²) in [5.74, 6) is 0.941. The molecule has 0 aliphatic carbocycles. The molecule has 3 rings (SSSR count). The number of carbonyl (C=O) groups is 1. The normalized spacial score (nSPS) is 19.9. The van der Waals surface area contributed by atoms with Crippen molar-refractivity contribution in [2.75, 3.05) is 61.8 Å². The molecule has 2 heterocycles. The molecular formula is C22H36N4O3S. The molecule has 1 amide bonds. The van der Waals surface area contributed by atoms with Crippen molar-refractivity contribution in [1.29, 1.82) is 0 Å². The van der Waals surface area contributed by atoms with Crippen molar-refractivity contribution in [1.82, 2.24) is 9.21 Å². The number of nitrogens with zero attached hydrogens (tertiary/aromatic N) is 3. The lowest BCUT2D eigenvalue weighted by Crippen LogP contribution is -2.49. The Balaban J connectivity index is 1.44. The predicted molar refractivity (Wildman–Crippen MR) is 122 cm³/mol. The van der Waals surface area contributed by atoms with Gasteiger partial charge in [-0.05, 0) is 42.9 Å². The number of piperazine rings is 1. The second-order valence-electron chi connectivity index (χ2n) is 9.03. The Morgan fingerprint density at radius 1 is 1.10 bits per heavy atom. The van der Waals surface area contributed by atoms with E-state index in [-0.39, 0.29) is 17.6 Å². The number of hydrogen-bond donors (Lipinski definition) is 1. The van der Waals surface area contributed by atoms with Gasteiger partial charge in [0.05, 0.1) is 5.75 Å². The summed E-state index contributed by atoms with van der Waals surface area (Å²) in [6.45, 7) is 11.8. The summed E-state index contributed by atoms with van der Waals surface area (Å²) in [6.07, 6.45) is 1.91. The van der Waals surface area contributed by atoms with Crippen LogP contribution in [0.4, 0.5) is 11.4 Å². The smallest absolute Gasteiger partial charge is 0.221 e. The molecule has 2 fully saturated rings. The Morgan fingerprint density at radius 2 is 1.77 bits per heavy atom. The van der Waals surface area contributed by atoms with Gasteiger partial charge in [-0.2, -0.15) is 0 Å². The van der Waals surface area contributed by atoms with Crippen molar-refractivity contribution in [3.05, 3.63) is 24.3 Å². The second-order valence-corrected chi connectivity index (χ2v) is 11.0. The van der Waals surface area contributed by atoms with Gasteiger partial charge < -0.3 is 10.2 Å². The number of carbonyl (C=O) groups excluding carboxylic acids is 1. The Hall–Kier alpha value is -1.64. The third kappa shape index (κ3) is 6.43. The maximum atomic E-state index is 12.4. The Kier molecular flexibility index (Phi) is 7.76. The number of benzene rings is 1. The third-order valence-corrected chi connectivity index (χ3v) is 8.17. The van der Waals surface area contributed by atoms with Gasteiger partial charge in [0.15, 0.2) is 0 Å². The number of anilines is 2. The maximum Gasteiger partial charge on any atom is 0.221 e. The summed E-state index contributed by atoms with van der Waals surface area (Å²) in [6, 6.07) is 8.02. The average molecular weight is 437 g/mol. The Morgan fingerprint density at radius 3 is 2.37 bits per heavy atom. The van der Waals surface area contributed by atoms with E-state index in [4.69, 9.17) is 0 Å². The zero-order chi connectivity index (χ0) is 21.7.